The molecule has 0 aliphatic carbocycles. The maximum Gasteiger partial charge on any atom is 0.332 e. The van der Waals surface area contributed by atoms with Crippen molar-refractivity contribution in [3.8, 4) is 0 Å². The quantitative estimate of drug-likeness (QED) is 0.243. The van der Waals surface area contributed by atoms with Gasteiger partial charge in [-0.1, -0.05) is 0 Å². The van der Waals surface area contributed by atoms with Crippen LogP contribution < -0.4 is 4.90 Å². The molecule has 0 fully saturated rings. The Morgan fingerprint density at radius 2 is 1.74 bits per heavy atom. The number of benzene rings is 2. The molecule has 0 bridgehead atoms. The predicted molar refractivity (Wildman–Crippen MR) is 103 cm³/mol. The van der Waals surface area contributed by atoms with E-state index in [-0.39, 0.29) is 10.2 Å². The van der Waals surface area contributed by atoms with Crippen LogP contribution in [0, 0.1) is 10.1 Å². The van der Waals surface area contributed by atoms with Crippen LogP contribution in [0.1, 0.15) is 13.8 Å². The Balaban J connectivity index is 2.40. The van der Waals surface area contributed by atoms with Gasteiger partial charge in [0.05, 0.1) is 15.1 Å². The second-order valence-corrected chi connectivity index (χ2v) is 7.56. The zero-order chi connectivity index (χ0) is 20.2. The van der Waals surface area contributed by atoms with Crippen molar-refractivity contribution < 1.29 is 17.2 Å². The summed E-state index contributed by atoms with van der Waals surface area (Å²) in [6, 6.07) is 8.62. The van der Waals surface area contributed by atoms with Gasteiger partial charge in [-0.2, -0.15) is 13.5 Å². The van der Waals surface area contributed by atoms with E-state index in [4.69, 9.17) is 0 Å². The standard InChI is InChI=1S/C16H16BrFN4O4S/c1-3-21(4-2)12-7-5-11(6-8-12)19-20-16-14(17)9-13(27(18,25)26)10-15(16)22(23)24/h5-10H,3-4H2,1-2H3. The normalized spacial score (nSPS) is 11.7. The molecular formula is C16H16BrFN4O4S. The molecule has 0 amide bonds. The topological polar surface area (TPSA) is 105 Å². The molecule has 144 valence electrons. The minimum atomic E-state index is -5.09. The Bertz CT molecular complexity index is 977. The molecule has 0 saturated carbocycles. The van der Waals surface area contributed by atoms with Gasteiger partial charge in [0.25, 0.3) is 5.69 Å². The summed E-state index contributed by atoms with van der Waals surface area (Å²) >= 11 is 2.99. The molecule has 0 atom stereocenters. The van der Waals surface area contributed by atoms with Crippen molar-refractivity contribution in [2.24, 2.45) is 10.2 Å². The van der Waals surface area contributed by atoms with Crippen molar-refractivity contribution in [1.29, 1.82) is 0 Å². The molecule has 0 heterocycles. The maximum atomic E-state index is 13.2. The van der Waals surface area contributed by atoms with Crippen LogP contribution in [-0.2, 0) is 10.2 Å². The fraction of sp³-hybridized carbons (Fsp3) is 0.250. The number of anilines is 1. The lowest BCUT2D eigenvalue weighted by atomic mass is 10.2. The first-order valence-corrected chi connectivity index (χ1v) is 10.0. The highest BCUT2D eigenvalue weighted by atomic mass is 79.9. The SMILES string of the molecule is CCN(CC)c1ccc(N=Nc2c(Br)cc(S(=O)(=O)F)cc2[N+](=O)[O-])cc1. The zero-order valence-electron chi connectivity index (χ0n) is 14.5. The van der Waals surface area contributed by atoms with E-state index < -0.39 is 25.7 Å². The molecule has 0 aromatic heterocycles. The van der Waals surface area contributed by atoms with Crippen molar-refractivity contribution in [3.05, 3.63) is 51.0 Å². The van der Waals surface area contributed by atoms with Crippen LogP contribution in [0.15, 0.2) is 56.0 Å². The van der Waals surface area contributed by atoms with Gasteiger partial charge in [0.15, 0.2) is 5.69 Å². The van der Waals surface area contributed by atoms with Crippen LogP contribution in [0.25, 0.3) is 0 Å². The number of nitro groups is 1. The minimum absolute atomic E-state index is 0.0589. The van der Waals surface area contributed by atoms with Gasteiger partial charge in [-0.3, -0.25) is 10.1 Å². The summed E-state index contributed by atoms with van der Waals surface area (Å²) in [6.07, 6.45) is 0. The molecule has 0 N–H and O–H groups in total. The van der Waals surface area contributed by atoms with Gasteiger partial charge in [-0.15, -0.1) is 9.00 Å². The van der Waals surface area contributed by atoms with Crippen LogP contribution >= 0.6 is 15.9 Å². The Kier molecular flexibility index (Phi) is 6.60. The smallest absolute Gasteiger partial charge is 0.332 e. The number of hydrogen-bond acceptors (Lipinski definition) is 7. The average molecular weight is 459 g/mol. The first-order chi connectivity index (χ1) is 12.7. The summed E-state index contributed by atoms with van der Waals surface area (Å²) in [7, 11) is -5.09. The summed E-state index contributed by atoms with van der Waals surface area (Å²) in [6.45, 7) is 5.77. The minimum Gasteiger partial charge on any atom is -0.372 e. The third kappa shape index (κ3) is 5.07. The van der Waals surface area contributed by atoms with Gasteiger partial charge < -0.3 is 4.90 Å². The average Bonchev–Trinajstić information content (AvgIpc) is 2.61. The highest BCUT2D eigenvalue weighted by Gasteiger charge is 2.24. The molecular weight excluding hydrogens is 443 g/mol. The van der Waals surface area contributed by atoms with Gasteiger partial charge in [-0.25, -0.2) is 0 Å². The van der Waals surface area contributed by atoms with Crippen LogP contribution in [0.3, 0.4) is 0 Å². The van der Waals surface area contributed by atoms with E-state index >= 15 is 0 Å². The monoisotopic (exact) mass is 458 g/mol. The van der Waals surface area contributed by atoms with Gasteiger partial charge in [-0.05, 0) is 60.1 Å². The van der Waals surface area contributed by atoms with Crippen LogP contribution in [0.4, 0.5) is 26.6 Å². The Hall–Kier alpha value is -2.40. The molecule has 8 nitrogen and oxygen atoms in total. The van der Waals surface area contributed by atoms with Gasteiger partial charge in [0.2, 0.25) is 0 Å². The largest absolute Gasteiger partial charge is 0.372 e. The number of azo groups is 1. The van der Waals surface area contributed by atoms with E-state index in [2.05, 4.69) is 31.1 Å². The maximum absolute atomic E-state index is 13.2. The molecule has 0 spiro atoms. The fourth-order valence-corrected chi connectivity index (χ4v) is 3.56. The van der Waals surface area contributed by atoms with Crippen molar-refractivity contribution in [3.63, 3.8) is 0 Å². The lowest BCUT2D eigenvalue weighted by molar-refractivity contribution is -0.384. The number of nitrogens with zero attached hydrogens (tertiary/aromatic N) is 4. The molecule has 0 radical (unpaired) electrons. The molecule has 0 unspecified atom stereocenters. The summed E-state index contributed by atoms with van der Waals surface area (Å²) < 4.78 is 35.1. The molecule has 0 aliphatic rings. The molecule has 11 heteroatoms. The number of halogens is 2. The third-order valence-corrected chi connectivity index (χ3v) is 5.14. The molecule has 0 saturated heterocycles. The number of hydrogen-bond donors (Lipinski definition) is 0. The van der Waals surface area contributed by atoms with Crippen molar-refractivity contribution in [2.45, 2.75) is 18.7 Å². The second-order valence-electron chi connectivity index (χ2n) is 5.36. The van der Waals surface area contributed by atoms with E-state index in [1.54, 1.807) is 12.1 Å². The highest BCUT2D eigenvalue weighted by molar-refractivity contribution is 9.10. The van der Waals surface area contributed by atoms with Gasteiger partial charge >= 0.3 is 10.2 Å². The highest BCUT2D eigenvalue weighted by Crippen LogP contribution is 2.39. The van der Waals surface area contributed by atoms with E-state index in [0.717, 1.165) is 24.8 Å². The van der Waals surface area contributed by atoms with Gasteiger partial charge in [0, 0.05) is 24.8 Å². The van der Waals surface area contributed by atoms with Crippen LogP contribution in [0.2, 0.25) is 0 Å². The third-order valence-electron chi connectivity index (χ3n) is 3.74. The fourth-order valence-electron chi connectivity index (χ4n) is 2.37. The number of rotatable bonds is 7. The van der Waals surface area contributed by atoms with Gasteiger partial charge in [0.1, 0.15) is 4.90 Å². The first-order valence-electron chi connectivity index (χ1n) is 7.86. The van der Waals surface area contributed by atoms with Crippen LogP contribution in [-0.4, -0.2) is 26.4 Å². The Morgan fingerprint density at radius 1 is 1.15 bits per heavy atom. The molecule has 2 rings (SSSR count). The van der Waals surface area contributed by atoms with E-state index in [0.29, 0.717) is 11.8 Å². The van der Waals surface area contributed by atoms with Crippen molar-refractivity contribution in [1.82, 2.24) is 0 Å². The van der Waals surface area contributed by atoms with Crippen molar-refractivity contribution >= 4 is 48.9 Å². The van der Waals surface area contributed by atoms with E-state index in [1.165, 1.54) is 0 Å². The Morgan fingerprint density at radius 3 is 2.22 bits per heavy atom. The lowest BCUT2D eigenvalue weighted by Crippen LogP contribution is -2.21. The summed E-state index contributed by atoms with van der Waals surface area (Å²) in [5, 5.41) is 19.0. The molecule has 27 heavy (non-hydrogen) atoms. The summed E-state index contributed by atoms with van der Waals surface area (Å²) in [5.74, 6) is 0. The van der Waals surface area contributed by atoms with Crippen LogP contribution in [0.5, 0.6) is 0 Å². The zero-order valence-corrected chi connectivity index (χ0v) is 16.9. The second kappa shape index (κ2) is 8.53. The summed E-state index contributed by atoms with van der Waals surface area (Å²) in [4.78, 5) is 11.7. The number of nitro benzene ring substituents is 1. The van der Waals surface area contributed by atoms with E-state index in [9.17, 15) is 22.4 Å². The molecule has 0 aliphatic heterocycles. The Labute approximate surface area is 164 Å². The first kappa shape index (κ1) is 20.9. The predicted octanol–water partition coefficient (Wildman–Crippen LogP) is 5.28. The van der Waals surface area contributed by atoms with Crippen molar-refractivity contribution in [2.75, 3.05) is 18.0 Å². The summed E-state index contributed by atoms with van der Waals surface area (Å²) in [5.41, 5.74) is 0.572. The molecule has 2 aromatic rings. The lowest BCUT2D eigenvalue weighted by Gasteiger charge is -2.20. The van der Waals surface area contributed by atoms with E-state index in [1.807, 2.05) is 26.0 Å². The molecule has 2 aromatic carbocycles.